The predicted molar refractivity (Wildman–Crippen MR) is 125 cm³/mol. The van der Waals surface area contributed by atoms with E-state index in [0.717, 1.165) is 0 Å². The Morgan fingerprint density at radius 3 is 0.893 bits per heavy atom. The zero-order valence-corrected chi connectivity index (χ0v) is 20.9. The molecule has 0 aliphatic heterocycles. The van der Waals surface area contributed by atoms with Crippen molar-refractivity contribution in [3.8, 4) is 0 Å². The maximum absolute atomic E-state index is 8.12. The third kappa shape index (κ3) is 28.1. The van der Waals surface area contributed by atoms with Gasteiger partial charge in [0, 0.05) is 0 Å². The highest BCUT2D eigenvalue weighted by atomic mass is 27.2. The molecule has 166 valence electrons. The van der Waals surface area contributed by atoms with Crippen LogP contribution in [0.25, 0.3) is 0 Å². The molecule has 2 nitrogen and oxygen atoms in total. The lowest BCUT2D eigenvalue weighted by Gasteiger charge is -2.12. The molecule has 0 saturated heterocycles. The molecule has 0 heterocycles. The highest BCUT2D eigenvalue weighted by Crippen LogP contribution is 2.20. The third-order valence-corrected chi connectivity index (χ3v) is 9.57. The van der Waals surface area contributed by atoms with E-state index in [4.69, 9.17) is 9.59 Å². The summed E-state index contributed by atoms with van der Waals surface area (Å²) in [5.74, 6) is 0. The molecule has 0 N–H and O–H groups in total. The van der Waals surface area contributed by atoms with Gasteiger partial charge < -0.3 is 0 Å². The molecule has 0 aliphatic rings. The van der Waals surface area contributed by atoms with Crippen LogP contribution in [0.15, 0.2) is 0 Å². The van der Waals surface area contributed by atoms with Crippen LogP contribution in [-0.4, -0.2) is 20.3 Å². The van der Waals surface area contributed by atoms with Crippen molar-refractivity contribution in [3.05, 3.63) is 0 Å². The molecule has 0 amide bonds. The van der Waals surface area contributed by atoms with Gasteiger partial charge in [0.2, 0.25) is 0 Å². The van der Waals surface area contributed by atoms with E-state index in [1.54, 1.807) is 35.1 Å². The van der Waals surface area contributed by atoms with E-state index in [1.165, 1.54) is 96.3 Å². The van der Waals surface area contributed by atoms with E-state index in [2.05, 4.69) is 20.8 Å². The van der Waals surface area contributed by atoms with Crippen LogP contribution < -0.4 is 0 Å². The van der Waals surface area contributed by atoms with Crippen LogP contribution in [0.2, 0.25) is 15.8 Å². The van der Waals surface area contributed by atoms with Gasteiger partial charge in [0.1, 0.15) is 0 Å². The Hall–Kier alpha value is -0.0875. The second-order valence-electron chi connectivity index (χ2n) is 8.62. The highest BCUT2D eigenvalue weighted by Gasteiger charge is 2.15. The lowest BCUT2D eigenvalue weighted by molar-refractivity contribution is -0.191. The van der Waals surface area contributed by atoms with Crippen LogP contribution >= 0.6 is 0 Å². The summed E-state index contributed by atoms with van der Waals surface area (Å²) in [5.41, 5.74) is 0. The van der Waals surface area contributed by atoms with Crippen molar-refractivity contribution in [1.82, 2.24) is 0 Å². The van der Waals surface area contributed by atoms with Gasteiger partial charge in [-0.1, -0.05) is 152 Å². The average molecular weight is 411 g/mol. The number of carbonyl (C=O) groups excluding carboxylic acids is 2. The zero-order chi connectivity index (χ0) is 21.1. The van der Waals surface area contributed by atoms with Gasteiger partial charge in [0.25, 0.3) is 14.1 Å². The Bertz CT molecular complexity index is 263. The topological polar surface area (TPSA) is 34.1 Å². The largest absolute Gasteiger partial charge is 0.373 e. The van der Waals surface area contributed by atoms with Crippen molar-refractivity contribution >= 4 is 20.3 Å². The first-order chi connectivity index (χ1) is 13.8. The van der Waals surface area contributed by atoms with E-state index in [1.807, 2.05) is 0 Å². The molecule has 0 rings (SSSR count). The lowest BCUT2D eigenvalue weighted by atomic mass is 10.1. The molecule has 0 aliphatic carbocycles. The van der Waals surface area contributed by atoms with Crippen LogP contribution in [0.4, 0.5) is 0 Å². The molecule has 0 radical (unpaired) electrons. The van der Waals surface area contributed by atoms with Crippen molar-refractivity contribution < 1.29 is 9.59 Å². The molecule has 0 spiro atoms. The maximum Gasteiger partial charge on any atom is 0.373 e. The molecule has 0 atom stereocenters. The molecule has 0 aromatic rings. The summed E-state index contributed by atoms with van der Waals surface area (Å²) in [7, 11) is 0. The summed E-state index contributed by atoms with van der Waals surface area (Å²) < 4.78 is 0. The van der Waals surface area contributed by atoms with E-state index in [0.29, 0.717) is 0 Å². The minimum absolute atomic E-state index is 0.250. The third-order valence-electron chi connectivity index (χ3n) is 5.90. The van der Waals surface area contributed by atoms with E-state index >= 15 is 0 Å². The van der Waals surface area contributed by atoms with Crippen LogP contribution in [-0.2, 0) is 9.59 Å². The SMILES string of the molecule is CCCCCCC[CH2][Al]([CH2]CCCCCCC)[CH2]CCCCCCC.O=C=O. The molecule has 3 heteroatoms. The van der Waals surface area contributed by atoms with E-state index in [9.17, 15) is 0 Å². The second-order valence-corrected chi connectivity index (χ2v) is 12.1. The molecule has 0 aromatic carbocycles. The summed E-state index contributed by atoms with van der Waals surface area (Å²) in [6, 6.07) is 0. The zero-order valence-electron chi connectivity index (χ0n) is 19.7. The van der Waals surface area contributed by atoms with Crippen molar-refractivity contribution in [2.75, 3.05) is 0 Å². The molecule has 28 heavy (non-hydrogen) atoms. The summed E-state index contributed by atoms with van der Waals surface area (Å²) in [5, 5.41) is 4.99. The summed E-state index contributed by atoms with van der Waals surface area (Å²) in [6.07, 6.45) is 27.0. The van der Waals surface area contributed by atoms with Gasteiger partial charge in [0.15, 0.2) is 0 Å². The summed E-state index contributed by atoms with van der Waals surface area (Å²) >= 11 is -0.410. The van der Waals surface area contributed by atoms with Gasteiger partial charge >= 0.3 is 6.15 Å². The Morgan fingerprint density at radius 2 is 0.643 bits per heavy atom. The van der Waals surface area contributed by atoms with Gasteiger partial charge in [-0.15, -0.1) is 0 Å². The maximum atomic E-state index is 8.12. The Balaban J connectivity index is 0. The lowest BCUT2D eigenvalue weighted by Crippen LogP contribution is -2.12. The van der Waals surface area contributed by atoms with Crippen molar-refractivity contribution in [2.24, 2.45) is 0 Å². The molecule has 0 aromatic heterocycles. The quantitative estimate of drug-likeness (QED) is 0.140. The van der Waals surface area contributed by atoms with Crippen molar-refractivity contribution in [1.29, 1.82) is 0 Å². The summed E-state index contributed by atoms with van der Waals surface area (Å²) in [4.78, 5) is 16.2. The van der Waals surface area contributed by atoms with Gasteiger partial charge in [-0.05, 0) is 0 Å². The minimum Gasteiger partial charge on any atom is -0.186 e. The summed E-state index contributed by atoms with van der Waals surface area (Å²) in [6.45, 7) is 6.97. The standard InChI is InChI=1S/3C8H17.CO2.Al/c3*1-3-5-7-8-6-4-2;2-1-3;/h3*1,3-8H2,2H3;;. The molecule has 0 unspecified atom stereocenters. The van der Waals surface area contributed by atoms with Crippen LogP contribution in [0.5, 0.6) is 0 Å². The Morgan fingerprint density at radius 1 is 0.429 bits per heavy atom. The molecule has 0 fully saturated rings. The molecule has 0 saturated carbocycles. The van der Waals surface area contributed by atoms with Crippen LogP contribution in [0, 0.1) is 0 Å². The van der Waals surface area contributed by atoms with E-state index < -0.39 is 14.1 Å². The number of rotatable bonds is 21. The fraction of sp³-hybridized carbons (Fsp3) is 0.960. The van der Waals surface area contributed by atoms with Gasteiger partial charge in [-0.3, -0.25) is 0 Å². The smallest absolute Gasteiger partial charge is 0.186 e. The van der Waals surface area contributed by atoms with Crippen molar-refractivity contribution in [2.45, 2.75) is 152 Å². The Kier molecular flexibility index (Phi) is 31.3. The fourth-order valence-electron chi connectivity index (χ4n) is 4.07. The van der Waals surface area contributed by atoms with Crippen LogP contribution in [0.3, 0.4) is 0 Å². The number of unbranched alkanes of at least 4 members (excludes halogenated alkanes) is 15. The van der Waals surface area contributed by atoms with Crippen LogP contribution in [0.1, 0.15) is 136 Å². The second kappa shape index (κ2) is 29.1. The first-order valence-electron chi connectivity index (χ1n) is 12.8. The predicted octanol–water partition coefficient (Wildman–Crippen LogP) is 8.98. The molecule has 0 bridgehead atoms. The highest BCUT2D eigenvalue weighted by molar-refractivity contribution is 6.58. The fourth-order valence-corrected chi connectivity index (χ4v) is 7.54. The van der Waals surface area contributed by atoms with Crippen molar-refractivity contribution in [3.63, 3.8) is 0 Å². The molecular weight excluding hydrogens is 359 g/mol. The van der Waals surface area contributed by atoms with E-state index in [-0.39, 0.29) is 6.15 Å². The van der Waals surface area contributed by atoms with Gasteiger partial charge in [-0.25, -0.2) is 0 Å². The number of hydrogen-bond acceptors (Lipinski definition) is 2. The minimum atomic E-state index is -0.410. The number of hydrogen-bond donors (Lipinski definition) is 0. The molecular formula is C25H51AlO2. The Labute approximate surface area is 182 Å². The first-order valence-corrected chi connectivity index (χ1v) is 15.2. The average Bonchev–Trinajstić information content (AvgIpc) is 2.69. The first kappa shape index (κ1) is 30.1. The van der Waals surface area contributed by atoms with Gasteiger partial charge in [0.05, 0.1) is 0 Å². The monoisotopic (exact) mass is 410 g/mol. The normalized spacial score (nSPS) is 10.2. The van der Waals surface area contributed by atoms with Gasteiger partial charge in [-0.2, -0.15) is 9.59 Å².